The Morgan fingerprint density at radius 1 is 1.33 bits per heavy atom. The van der Waals surface area contributed by atoms with Gasteiger partial charge in [0.05, 0.1) is 28.1 Å². The monoisotopic (exact) mass is 351 g/mol. The van der Waals surface area contributed by atoms with E-state index in [-0.39, 0.29) is 24.1 Å². The standard InChI is InChI=1S/C13H15Cl2NO4S/c14-11-2-1-9(5-12(11)15)6-16(7-13(17)18)10-3-4-21(19,20)8-10/h1-2,5,10H,3-4,6-8H2,(H,17,18). The number of hydrogen-bond acceptors (Lipinski definition) is 4. The summed E-state index contributed by atoms with van der Waals surface area (Å²) < 4.78 is 23.1. The molecule has 0 aromatic heterocycles. The van der Waals surface area contributed by atoms with Gasteiger partial charge in [0.2, 0.25) is 0 Å². The molecule has 0 aliphatic carbocycles. The van der Waals surface area contributed by atoms with E-state index < -0.39 is 15.8 Å². The molecule has 1 saturated heterocycles. The summed E-state index contributed by atoms with van der Waals surface area (Å²) in [4.78, 5) is 12.7. The molecule has 1 aliphatic heterocycles. The molecule has 1 aromatic carbocycles. The van der Waals surface area contributed by atoms with Crippen molar-refractivity contribution in [1.82, 2.24) is 4.90 Å². The summed E-state index contributed by atoms with van der Waals surface area (Å²) in [6, 6.07) is 4.79. The largest absolute Gasteiger partial charge is 0.480 e. The first kappa shape index (κ1) is 16.5. The molecule has 116 valence electrons. The van der Waals surface area contributed by atoms with Gasteiger partial charge in [0.1, 0.15) is 0 Å². The zero-order chi connectivity index (χ0) is 15.6. The summed E-state index contributed by atoms with van der Waals surface area (Å²) in [6.07, 6.45) is 0.455. The molecule has 2 rings (SSSR count). The van der Waals surface area contributed by atoms with Crippen LogP contribution in [0.1, 0.15) is 12.0 Å². The van der Waals surface area contributed by atoms with Crippen LogP contribution in [0.2, 0.25) is 10.0 Å². The van der Waals surface area contributed by atoms with E-state index in [2.05, 4.69) is 0 Å². The minimum Gasteiger partial charge on any atom is -0.480 e. The van der Waals surface area contributed by atoms with Gasteiger partial charge in [0, 0.05) is 12.6 Å². The fourth-order valence-electron chi connectivity index (χ4n) is 2.42. The number of rotatable bonds is 5. The van der Waals surface area contributed by atoms with Gasteiger partial charge in [-0.15, -0.1) is 0 Å². The third kappa shape index (κ3) is 4.57. The molecule has 1 N–H and O–H groups in total. The van der Waals surface area contributed by atoms with Crippen molar-refractivity contribution in [2.75, 3.05) is 18.1 Å². The van der Waals surface area contributed by atoms with E-state index in [1.165, 1.54) is 0 Å². The average molecular weight is 352 g/mol. The van der Waals surface area contributed by atoms with Crippen LogP contribution in [-0.2, 0) is 21.2 Å². The number of benzene rings is 1. The minimum atomic E-state index is -3.07. The summed E-state index contributed by atoms with van der Waals surface area (Å²) in [7, 11) is -3.07. The SMILES string of the molecule is O=C(O)CN(Cc1ccc(Cl)c(Cl)c1)C1CCS(=O)(=O)C1. The second-order valence-electron chi connectivity index (χ2n) is 5.10. The third-order valence-corrected chi connectivity index (χ3v) is 5.92. The Hall–Kier alpha value is -0.820. The Bertz CT molecular complexity index is 648. The lowest BCUT2D eigenvalue weighted by Crippen LogP contribution is -2.39. The van der Waals surface area contributed by atoms with E-state index in [9.17, 15) is 13.2 Å². The Morgan fingerprint density at radius 3 is 2.57 bits per heavy atom. The van der Waals surface area contributed by atoms with E-state index >= 15 is 0 Å². The molecular formula is C13H15Cl2NO4S. The molecule has 1 fully saturated rings. The average Bonchev–Trinajstić information content (AvgIpc) is 2.73. The number of hydrogen-bond donors (Lipinski definition) is 1. The Morgan fingerprint density at radius 2 is 2.05 bits per heavy atom. The molecule has 21 heavy (non-hydrogen) atoms. The van der Waals surface area contributed by atoms with Crippen LogP contribution in [0.15, 0.2) is 18.2 Å². The highest BCUT2D eigenvalue weighted by molar-refractivity contribution is 7.91. The fourth-order valence-corrected chi connectivity index (χ4v) is 4.51. The van der Waals surface area contributed by atoms with Gasteiger partial charge in [-0.2, -0.15) is 0 Å². The van der Waals surface area contributed by atoms with E-state index in [1.807, 2.05) is 0 Å². The lowest BCUT2D eigenvalue weighted by Gasteiger charge is -2.26. The number of aliphatic carboxylic acids is 1. The zero-order valence-electron chi connectivity index (χ0n) is 11.1. The molecule has 0 bridgehead atoms. The smallest absolute Gasteiger partial charge is 0.317 e. The van der Waals surface area contributed by atoms with Crippen molar-refractivity contribution in [2.45, 2.75) is 19.0 Å². The Kier molecular flexibility index (Phi) is 5.14. The predicted molar refractivity (Wildman–Crippen MR) is 81.6 cm³/mol. The van der Waals surface area contributed by atoms with Gasteiger partial charge < -0.3 is 5.11 Å². The fraction of sp³-hybridized carbons (Fsp3) is 0.462. The molecule has 5 nitrogen and oxygen atoms in total. The van der Waals surface area contributed by atoms with Crippen LogP contribution in [0.5, 0.6) is 0 Å². The van der Waals surface area contributed by atoms with Gasteiger partial charge in [-0.25, -0.2) is 8.42 Å². The number of nitrogens with zero attached hydrogens (tertiary/aromatic N) is 1. The molecule has 1 atom stereocenters. The molecule has 1 aliphatic rings. The van der Waals surface area contributed by atoms with Gasteiger partial charge >= 0.3 is 5.97 Å². The van der Waals surface area contributed by atoms with Gasteiger partial charge in [-0.1, -0.05) is 29.3 Å². The molecule has 0 radical (unpaired) electrons. The summed E-state index contributed by atoms with van der Waals surface area (Å²) in [5.41, 5.74) is 0.801. The van der Waals surface area contributed by atoms with E-state index in [0.717, 1.165) is 5.56 Å². The van der Waals surface area contributed by atoms with Crippen molar-refractivity contribution in [1.29, 1.82) is 0 Å². The molecule has 1 heterocycles. The van der Waals surface area contributed by atoms with Crippen LogP contribution in [0, 0.1) is 0 Å². The number of carboxylic acid groups (broad SMARTS) is 1. The van der Waals surface area contributed by atoms with Gasteiger partial charge in [0.25, 0.3) is 0 Å². The van der Waals surface area contributed by atoms with Crippen LogP contribution in [0.4, 0.5) is 0 Å². The summed E-state index contributed by atoms with van der Waals surface area (Å²) in [5, 5.41) is 9.83. The van der Waals surface area contributed by atoms with Gasteiger partial charge in [-0.3, -0.25) is 9.69 Å². The van der Waals surface area contributed by atoms with Gasteiger partial charge in [0.15, 0.2) is 9.84 Å². The highest BCUT2D eigenvalue weighted by Crippen LogP contribution is 2.25. The van der Waals surface area contributed by atoms with Crippen LogP contribution < -0.4 is 0 Å². The van der Waals surface area contributed by atoms with Crippen molar-refractivity contribution in [2.24, 2.45) is 0 Å². The van der Waals surface area contributed by atoms with Crippen molar-refractivity contribution in [3.8, 4) is 0 Å². The number of carbonyl (C=O) groups is 1. The zero-order valence-corrected chi connectivity index (χ0v) is 13.5. The topological polar surface area (TPSA) is 74.7 Å². The first-order valence-electron chi connectivity index (χ1n) is 6.37. The second kappa shape index (κ2) is 6.52. The van der Waals surface area contributed by atoms with Crippen molar-refractivity contribution >= 4 is 39.0 Å². The maximum Gasteiger partial charge on any atom is 0.317 e. The summed E-state index contributed by atoms with van der Waals surface area (Å²) in [5.74, 6) is -0.879. The lowest BCUT2D eigenvalue weighted by atomic mass is 10.1. The predicted octanol–water partition coefficient (Wildman–Crippen LogP) is 2.07. The molecule has 8 heteroatoms. The molecular weight excluding hydrogens is 337 g/mol. The number of sulfone groups is 1. The van der Waals surface area contributed by atoms with Crippen molar-refractivity contribution < 1.29 is 18.3 Å². The number of carboxylic acids is 1. The van der Waals surface area contributed by atoms with E-state index in [4.69, 9.17) is 28.3 Å². The molecule has 1 unspecified atom stereocenters. The van der Waals surface area contributed by atoms with Gasteiger partial charge in [-0.05, 0) is 24.1 Å². The van der Waals surface area contributed by atoms with Crippen LogP contribution in [0.25, 0.3) is 0 Å². The minimum absolute atomic E-state index is 0.00159. The van der Waals surface area contributed by atoms with E-state index in [1.54, 1.807) is 23.1 Å². The third-order valence-electron chi connectivity index (χ3n) is 3.43. The first-order chi connectivity index (χ1) is 9.77. The highest BCUT2D eigenvalue weighted by atomic mass is 35.5. The summed E-state index contributed by atoms with van der Waals surface area (Å²) in [6.45, 7) is 0.115. The molecule has 0 saturated carbocycles. The number of halogens is 2. The molecule has 0 amide bonds. The Labute approximate surface area is 133 Å². The first-order valence-corrected chi connectivity index (χ1v) is 8.95. The maximum absolute atomic E-state index is 11.6. The summed E-state index contributed by atoms with van der Waals surface area (Å²) >= 11 is 11.8. The lowest BCUT2D eigenvalue weighted by molar-refractivity contribution is -0.139. The van der Waals surface area contributed by atoms with Crippen molar-refractivity contribution in [3.05, 3.63) is 33.8 Å². The van der Waals surface area contributed by atoms with E-state index in [0.29, 0.717) is 23.0 Å². The highest BCUT2D eigenvalue weighted by Gasteiger charge is 2.33. The second-order valence-corrected chi connectivity index (χ2v) is 8.15. The molecule has 1 aromatic rings. The Balaban J connectivity index is 2.16. The van der Waals surface area contributed by atoms with Crippen LogP contribution in [-0.4, -0.2) is 48.5 Å². The normalized spacial score (nSPS) is 20.8. The quantitative estimate of drug-likeness (QED) is 0.878. The van der Waals surface area contributed by atoms with Crippen LogP contribution >= 0.6 is 23.2 Å². The molecule has 0 spiro atoms. The maximum atomic E-state index is 11.6. The van der Waals surface area contributed by atoms with Crippen LogP contribution in [0.3, 0.4) is 0 Å². The van der Waals surface area contributed by atoms with Crippen molar-refractivity contribution in [3.63, 3.8) is 0 Å².